The van der Waals surface area contributed by atoms with Gasteiger partial charge in [-0.2, -0.15) is 0 Å². The van der Waals surface area contributed by atoms with Gasteiger partial charge >= 0.3 is 0 Å². The van der Waals surface area contributed by atoms with E-state index in [4.69, 9.17) is 16.3 Å². The Labute approximate surface area is 144 Å². The number of benzene rings is 2. The highest BCUT2D eigenvalue weighted by atomic mass is 35.5. The van der Waals surface area contributed by atoms with Crippen molar-refractivity contribution in [2.24, 2.45) is 0 Å². The van der Waals surface area contributed by atoms with Gasteiger partial charge in [-0.1, -0.05) is 17.7 Å². The molecule has 0 spiro atoms. The molecular weight excluding hydrogens is 335 g/mol. The summed E-state index contributed by atoms with van der Waals surface area (Å²) in [5, 5.41) is 2.71. The zero-order valence-electron chi connectivity index (χ0n) is 13.2. The molecule has 2 aromatic carbocycles. The molecule has 0 saturated heterocycles. The average Bonchev–Trinajstić information content (AvgIpc) is 2.53. The van der Waals surface area contributed by atoms with Gasteiger partial charge in [-0.15, -0.1) is 0 Å². The van der Waals surface area contributed by atoms with E-state index in [2.05, 4.69) is 5.32 Å². The molecule has 0 atom stereocenters. The summed E-state index contributed by atoms with van der Waals surface area (Å²) < 4.78 is 18.2. The van der Waals surface area contributed by atoms with Crippen molar-refractivity contribution in [3.8, 4) is 5.75 Å². The fourth-order valence-electron chi connectivity index (χ4n) is 1.92. The summed E-state index contributed by atoms with van der Waals surface area (Å²) in [4.78, 5) is 25.3. The highest BCUT2D eigenvalue weighted by molar-refractivity contribution is 6.32. The lowest BCUT2D eigenvalue weighted by Crippen LogP contribution is -2.23. The molecule has 1 N–H and O–H groups in total. The van der Waals surface area contributed by atoms with Crippen LogP contribution in [-0.4, -0.2) is 37.4 Å². The summed E-state index contributed by atoms with van der Waals surface area (Å²) in [7, 11) is 3.29. The summed E-state index contributed by atoms with van der Waals surface area (Å²) in [5.41, 5.74) is 0.932. The maximum atomic E-state index is 12.9. The maximum absolute atomic E-state index is 12.9. The van der Waals surface area contributed by atoms with Crippen LogP contribution in [0.15, 0.2) is 42.5 Å². The van der Waals surface area contributed by atoms with Crippen LogP contribution in [0.3, 0.4) is 0 Å². The predicted molar refractivity (Wildman–Crippen MR) is 90.0 cm³/mol. The smallest absolute Gasteiger partial charge is 0.262 e. The zero-order chi connectivity index (χ0) is 17.7. The molecule has 24 heavy (non-hydrogen) atoms. The first-order chi connectivity index (χ1) is 11.4. The molecule has 0 bridgehead atoms. The molecule has 126 valence electrons. The Morgan fingerprint density at radius 3 is 2.62 bits per heavy atom. The molecule has 5 nitrogen and oxygen atoms in total. The Balaban J connectivity index is 1.97. The summed E-state index contributed by atoms with van der Waals surface area (Å²) in [6.45, 7) is -0.294. The largest absolute Gasteiger partial charge is 0.482 e. The Morgan fingerprint density at radius 2 is 1.96 bits per heavy atom. The van der Waals surface area contributed by atoms with Crippen LogP contribution >= 0.6 is 11.6 Å². The molecule has 0 saturated carbocycles. The molecule has 2 rings (SSSR count). The quantitative estimate of drug-likeness (QED) is 0.900. The number of nitrogens with zero attached hydrogens (tertiary/aromatic N) is 1. The van der Waals surface area contributed by atoms with Gasteiger partial charge in [0.25, 0.3) is 11.8 Å². The number of carbonyl (C=O) groups is 2. The number of ether oxygens (including phenoxy) is 1. The number of rotatable bonds is 5. The van der Waals surface area contributed by atoms with Crippen LogP contribution in [0.1, 0.15) is 10.4 Å². The van der Waals surface area contributed by atoms with Crippen LogP contribution in [0, 0.1) is 5.82 Å². The van der Waals surface area contributed by atoms with Gasteiger partial charge in [0.15, 0.2) is 6.61 Å². The topological polar surface area (TPSA) is 58.6 Å². The zero-order valence-corrected chi connectivity index (χ0v) is 13.9. The predicted octanol–water partition coefficient (Wildman–Crippen LogP) is 3.20. The number of halogens is 2. The summed E-state index contributed by atoms with van der Waals surface area (Å²) >= 11 is 5.82. The van der Waals surface area contributed by atoms with Gasteiger partial charge < -0.3 is 15.0 Å². The number of hydrogen-bond acceptors (Lipinski definition) is 3. The number of hydrogen-bond donors (Lipinski definition) is 1. The highest BCUT2D eigenvalue weighted by Crippen LogP contribution is 2.24. The van der Waals surface area contributed by atoms with Crippen molar-refractivity contribution in [2.75, 3.05) is 26.0 Å². The van der Waals surface area contributed by atoms with Crippen molar-refractivity contribution in [1.82, 2.24) is 4.90 Å². The first-order valence-electron chi connectivity index (χ1n) is 7.06. The van der Waals surface area contributed by atoms with Crippen molar-refractivity contribution < 1.29 is 18.7 Å². The second-order valence-electron chi connectivity index (χ2n) is 5.19. The molecule has 0 aliphatic rings. The number of nitrogens with one attached hydrogen (secondary N) is 1. The van der Waals surface area contributed by atoms with Crippen LogP contribution in [0.4, 0.5) is 10.1 Å². The van der Waals surface area contributed by atoms with Crippen LogP contribution in [-0.2, 0) is 4.79 Å². The van der Waals surface area contributed by atoms with Crippen LogP contribution in [0.2, 0.25) is 5.02 Å². The van der Waals surface area contributed by atoms with Crippen LogP contribution in [0.25, 0.3) is 0 Å². The molecule has 2 aromatic rings. The second-order valence-corrected chi connectivity index (χ2v) is 5.60. The fourth-order valence-corrected chi connectivity index (χ4v) is 2.14. The third-order valence-electron chi connectivity index (χ3n) is 3.05. The van der Waals surface area contributed by atoms with Gasteiger partial charge in [-0.05, 0) is 36.4 Å². The Morgan fingerprint density at radius 1 is 1.21 bits per heavy atom. The van der Waals surface area contributed by atoms with E-state index in [1.807, 2.05) is 0 Å². The Hall–Kier alpha value is -2.60. The molecule has 0 heterocycles. The standard InChI is InChI=1S/C17H16ClFN2O3/c1-21(2)17(23)11-4-3-5-13(8-11)20-16(22)10-24-15-7-6-12(19)9-14(15)18/h3-9H,10H2,1-2H3,(H,20,22). The lowest BCUT2D eigenvalue weighted by atomic mass is 10.2. The van der Waals surface area contributed by atoms with Gasteiger partial charge in [0.2, 0.25) is 0 Å². The summed E-state index contributed by atoms with van der Waals surface area (Å²) in [6, 6.07) is 10.2. The first-order valence-corrected chi connectivity index (χ1v) is 7.44. The van der Waals surface area contributed by atoms with E-state index >= 15 is 0 Å². The van der Waals surface area contributed by atoms with Gasteiger partial charge in [0, 0.05) is 25.3 Å². The number of carbonyl (C=O) groups excluding carboxylic acids is 2. The first kappa shape index (κ1) is 17.7. The van der Waals surface area contributed by atoms with Gasteiger partial charge in [-0.3, -0.25) is 9.59 Å². The van der Waals surface area contributed by atoms with Gasteiger partial charge in [-0.25, -0.2) is 4.39 Å². The Bertz CT molecular complexity index is 765. The molecule has 0 radical (unpaired) electrons. The average molecular weight is 351 g/mol. The number of amides is 2. The molecule has 0 aliphatic heterocycles. The SMILES string of the molecule is CN(C)C(=O)c1cccc(NC(=O)COc2ccc(F)cc2Cl)c1. The van der Waals surface area contributed by atoms with Crippen LogP contribution in [0.5, 0.6) is 5.75 Å². The molecule has 0 fully saturated rings. The minimum absolute atomic E-state index is 0.0846. The van der Waals surface area contributed by atoms with E-state index in [1.54, 1.807) is 38.4 Å². The van der Waals surface area contributed by atoms with E-state index in [-0.39, 0.29) is 23.3 Å². The fraction of sp³-hybridized carbons (Fsp3) is 0.176. The molecule has 2 amide bonds. The normalized spacial score (nSPS) is 10.2. The van der Waals surface area contributed by atoms with Crippen molar-refractivity contribution in [2.45, 2.75) is 0 Å². The second kappa shape index (κ2) is 7.79. The lowest BCUT2D eigenvalue weighted by Gasteiger charge is -2.12. The van der Waals surface area contributed by atoms with Crippen molar-refractivity contribution >= 4 is 29.1 Å². The summed E-state index contributed by atoms with van der Waals surface area (Å²) in [5.74, 6) is -0.866. The van der Waals surface area contributed by atoms with E-state index in [1.165, 1.54) is 17.0 Å². The number of anilines is 1. The van der Waals surface area contributed by atoms with E-state index in [0.29, 0.717) is 11.3 Å². The monoisotopic (exact) mass is 350 g/mol. The van der Waals surface area contributed by atoms with E-state index in [9.17, 15) is 14.0 Å². The molecule has 0 unspecified atom stereocenters. The van der Waals surface area contributed by atoms with Crippen molar-refractivity contribution in [1.29, 1.82) is 0 Å². The van der Waals surface area contributed by atoms with E-state index in [0.717, 1.165) is 6.07 Å². The maximum Gasteiger partial charge on any atom is 0.262 e. The molecule has 0 aromatic heterocycles. The van der Waals surface area contributed by atoms with E-state index < -0.39 is 11.7 Å². The molecule has 7 heteroatoms. The van der Waals surface area contributed by atoms with Gasteiger partial charge in [0.05, 0.1) is 5.02 Å². The minimum atomic E-state index is -0.487. The van der Waals surface area contributed by atoms with Crippen molar-refractivity contribution in [3.05, 3.63) is 58.9 Å². The Kier molecular flexibility index (Phi) is 5.76. The summed E-state index contributed by atoms with van der Waals surface area (Å²) in [6.07, 6.45) is 0. The molecule has 0 aliphatic carbocycles. The van der Waals surface area contributed by atoms with Gasteiger partial charge in [0.1, 0.15) is 11.6 Å². The minimum Gasteiger partial charge on any atom is -0.482 e. The molecular formula is C17H16ClFN2O3. The van der Waals surface area contributed by atoms with Crippen LogP contribution < -0.4 is 10.1 Å². The third-order valence-corrected chi connectivity index (χ3v) is 3.35. The highest BCUT2D eigenvalue weighted by Gasteiger charge is 2.11. The third kappa shape index (κ3) is 4.70. The van der Waals surface area contributed by atoms with Crippen molar-refractivity contribution in [3.63, 3.8) is 0 Å². The lowest BCUT2D eigenvalue weighted by molar-refractivity contribution is -0.118.